The normalized spacial score (nSPS) is 10.7. The lowest BCUT2D eigenvalue weighted by Crippen LogP contribution is -2.83. The van der Waals surface area contributed by atoms with E-state index in [-0.39, 0.29) is 5.82 Å². The molecule has 19 heavy (non-hydrogen) atoms. The van der Waals surface area contributed by atoms with E-state index in [0.717, 1.165) is 24.2 Å². The number of quaternary nitrogens is 1. The van der Waals surface area contributed by atoms with E-state index in [4.69, 9.17) is 23.2 Å². The van der Waals surface area contributed by atoms with Crippen molar-refractivity contribution in [1.82, 2.24) is 0 Å². The fraction of sp³-hybridized carbons (Fsp3) is 0.200. The van der Waals surface area contributed by atoms with Crippen molar-refractivity contribution in [1.29, 1.82) is 0 Å². The molecule has 0 bridgehead atoms. The second-order valence-corrected chi connectivity index (χ2v) is 5.12. The van der Waals surface area contributed by atoms with Crippen LogP contribution in [0.3, 0.4) is 0 Å². The van der Waals surface area contributed by atoms with Crippen molar-refractivity contribution in [3.63, 3.8) is 0 Å². The summed E-state index contributed by atoms with van der Waals surface area (Å²) in [6.45, 7) is 1.55. The summed E-state index contributed by atoms with van der Waals surface area (Å²) in [5.41, 5.74) is 1.75. The third kappa shape index (κ3) is 3.93. The van der Waals surface area contributed by atoms with E-state index < -0.39 is 0 Å². The second kappa shape index (κ2) is 6.90. The number of hydrogen-bond donors (Lipinski definition) is 1. The van der Waals surface area contributed by atoms with E-state index in [1.165, 1.54) is 6.07 Å². The van der Waals surface area contributed by atoms with Gasteiger partial charge < -0.3 is 5.32 Å². The van der Waals surface area contributed by atoms with Crippen LogP contribution < -0.4 is 5.32 Å². The minimum absolute atomic E-state index is 0.142. The van der Waals surface area contributed by atoms with Crippen molar-refractivity contribution in [3.05, 3.63) is 69.5 Å². The first-order valence-corrected chi connectivity index (χ1v) is 6.92. The Balaban J connectivity index is 1.84. The number of halogens is 3. The predicted octanol–water partition coefficient (Wildman–Crippen LogP) is 3.44. The van der Waals surface area contributed by atoms with Crippen LogP contribution in [0.15, 0.2) is 42.5 Å². The zero-order valence-corrected chi connectivity index (χ0v) is 11.9. The predicted molar refractivity (Wildman–Crippen MR) is 77.1 cm³/mol. The van der Waals surface area contributed by atoms with Crippen LogP contribution in [-0.4, -0.2) is 6.54 Å². The smallest absolute Gasteiger partial charge is 0.126 e. The fourth-order valence-electron chi connectivity index (χ4n) is 1.92. The van der Waals surface area contributed by atoms with E-state index in [2.05, 4.69) is 5.32 Å². The summed E-state index contributed by atoms with van der Waals surface area (Å²) in [5.74, 6) is -0.142. The molecule has 2 aromatic rings. The quantitative estimate of drug-likeness (QED) is 0.815. The van der Waals surface area contributed by atoms with Gasteiger partial charge in [0.2, 0.25) is 0 Å². The Labute approximate surface area is 122 Å². The monoisotopic (exact) mass is 298 g/mol. The van der Waals surface area contributed by atoms with E-state index in [1.807, 2.05) is 24.3 Å². The molecule has 2 rings (SSSR count). The zero-order chi connectivity index (χ0) is 13.7. The van der Waals surface area contributed by atoms with Crippen molar-refractivity contribution >= 4 is 23.2 Å². The van der Waals surface area contributed by atoms with Gasteiger partial charge in [-0.1, -0.05) is 53.5 Å². The summed E-state index contributed by atoms with van der Waals surface area (Å²) in [5, 5.41) is 3.28. The third-order valence-corrected chi connectivity index (χ3v) is 3.83. The molecule has 0 saturated carbocycles. The molecule has 0 aliphatic rings. The van der Waals surface area contributed by atoms with E-state index in [0.29, 0.717) is 16.5 Å². The van der Waals surface area contributed by atoms with Crippen LogP contribution in [0.5, 0.6) is 0 Å². The van der Waals surface area contributed by atoms with Crippen molar-refractivity contribution in [2.45, 2.75) is 13.0 Å². The third-order valence-electron chi connectivity index (χ3n) is 2.97. The molecule has 0 heterocycles. The van der Waals surface area contributed by atoms with Crippen molar-refractivity contribution in [3.8, 4) is 0 Å². The maximum absolute atomic E-state index is 13.4. The molecule has 4 heteroatoms. The highest BCUT2D eigenvalue weighted by atomic mass is 35.5. The Morgan fingerprint density at radius 2 is 1.68 bits per heavy atom. The SMILES string of the molecule is Fc1ccccc1CC[NH2+]Cc1cccc(Cl)c1Cl. The van der Waals surface area contributed by atoms with Crippen LogP contribution in [0.1, 0.15) is 11.1 Å². The summed E-state index contributed by atoms with van der Waals surface area (Å²) >= 11 is 12.1. The molecule has 0 saturated heterocycles. The average Bonchev–Trinajstić information content (AvgIpc) is 2.41. The fourth-order valence-corrected chi connectivity index (χ4v) is 2.32. The first-order valence-electron chi connectivity index (χ1n) is 6.16. The Hall–Kier alpha value is -1.09. The molecule has 0 spiro atoms. The molecule has 0 amide bonds. The van der Waals surface area contributed by atoms with Gasteiger partial charge in [0.15, 0.2) is 0 Å². The van der Waals surface area contributed by atoms with Gasteiger partial charge in [0.1, 0.15) is 12.4 Å². The van der Waals surface area contributed by atoms with Crippen LogP contribution in [0.4, 0.5) is 4.39 Å². The van der Waals surface area contributed by atoms with Crippen LogP contribution in [0.2, 0.25) is 10.0 Å². The lowest BCUT2D eigenvalue weighted by molar-refractivity contribution is -0.670. The molecular formula is C15H15Cl2FN+. The summed E-state index contributed by atoms with van der Waals surface area (Å²) in [7, 11) is 0. The maximum Gasteiger partial charge on any atom is 0.126 e. The Kier molecular flexibility index (Phi) is 5.20. The molecule has 0 fully saturated rings. The molecule has 0 radical (unpaired) electrons. The van der Waals surface area contributed by atoms with Crippen LogP contribution >= 0.6 is 23.2 Å². The van der Waals surface area contributed by atoms with Gasteiger partial charge in [-0.2, -0.15) is 0 Å². The second-order valence-electron chi connectivity index (χ2n) is 4.34. The molecule has 100 valence electrons. The van der Waals surface area contributed by atoms with E-state index in [1.54, 1.807) is 12.1 Å². The highest BCUT2D eigenvalue weighted by Gasteiger charge is 2.06. The van der Waals surface area contributed by atoms with Crippen molar-refractivity contribution in [2.24, 2.45) is 0 Å². The van der Waals surface area contributed by atoms with Crippen molar-refractivity contribution in [2.75, 3.05) is 6.54 Å². The highest BCUT2D eigenvalue weighted by Crippen LogP contribution is 2.24. The first-order chi connectivity index (χ1) is 9.18. The van der Waals surface area contributed by atoms with Gasteiger partial charge in [-0.15, -0.1) is 0 Å². The molecule has 0 atom stereocenters. The summed E-state index contributed by atoms with van der Waals surface area (Å²) < 4.78 is 13.4. The van der Waals surface area contributed by atoms with Crippen molar-refractivity contribution < 1.29 is 9.71 Å². The molecule has 0 aliphatic heterocycles. The zero-order valence-electron chi connectivity index (χ0n) is 10.4. The molecule has 0 aliphatic carbocycles. The Morgan fingerprint density at radius 1 is 0.947 bits per heavy atom. The van der Waals surface area contributed by atoms with Gasteiger partial charge in [-0.05, 0) is 17.7 Å². The molecule has 2 N–H and O–H groups in total. The molecule has 1 nitrogen and oxygen atoms in total. The van der Waals surface area contributed by atoms with Gasteiger partial charge in [0.05, 0.1) is 16.6 Å². The van der Waals surface area contributed by atoms with E-state index in [9.17, 15) is 4.39 Å². The van der Waals surface area contributed by atoms with Gasteiger partial charge >= 0.3 is 0 Å². The topological polar surface area (TPSA) is 16.6 Å². The molecule has 0 unspecified atom stereocenters. The van der Waals surface area contributed by atoms with Crippen LogP contribution in [-0.2, 0) is 13.0 Å². The van der Waals surface area contributed by atoms with Crippen LogP contribution in [0, 0.1) is 5.82 Å². The lowest BCUT2D eigenvalue weighted by Gasteiger charge is -2.06. The van der Waals surface area contributed by atoms with Gasteiger partial charge in [-0.25, -0.2) is 4.39 Å². The Bertz CT molecular complexity index is 558. The van der Waals surface area contributed by atoms with Gasteiger partial charge in [0, 0.05) is 12.0 Å². The number of rotatable bonds is 5. The first kappa shape index (κ1) is 14.3. The lowest BCUT2D eigenvalue weighted by atomic mass is 10.1. The molecular weight excluding hydrogens is 284 g/mol. The molecule has 0 aromatic heterocycles. The van der Waals surface area contributed by atoms with Crippen LogP contribution in [0.25, 0.3) is 0 Å². The standard InChI is InChI=1S/C15H14Cl2FN/c16-13-6-3-5-12(15(13)17)10-19-9-8-11-4-1-2-7-14(11)18/h1-7,19H,8-10H2/p+1. The van der Waals surface area contributed by atoms with Gasteiger partial charge in [0.25, 0.3) is 0 Å². The largest absolute Gasteiger partial charge is 0.342 e. The highest BCUT2D eigenvalue weighted by molar-refractivity contribution is 6.42. The summed E-state index contributed by atoms with van der Waals surface area (Å²) in [6, 6.07) is 12.5. The van der Waals surface area contributed by atoms with E-state index >= 15 is 0 Å². The maximum atomic E-state index is 13.4. The number of hydrogen-bond acceptors (Lipinski definition) is 0. The Morgan fingerprint density at radius 3 is 2.47 bits per heavy atom. The van der Waals surface area contributed by atoms with Gasteiger partial charge in [-0.3, -0.25) is 0 Å². The number of benzene rings is 2. The molecule has 2 aromatic carbocycles. The average molecular weight is 299 g/mol. The summed E-state index contributed by atoms with van der Waals surface area (Å²) in [6.07, 6.45) is 0.699. The summed E-state index contributed by atoms with van der Waals surface area (Å²) in [4.78, 5) is 0. The minimum Gasteiger partial charge on any atom is -0.342 e. The number of nitrogens with two attached hydrogens (primary N) is 1. The minimum atomic E-state index is -0.142.